The summed E-state index contributed by atoms with van der Waals surface area (Å²) >= 11 is 0. The summed E-state index contributed by atoms with van der Waals surface area (Å²) in [4.78, 5) is 35.0. The van der Waals surface area contributed by atoms with Crippen LogP contribution in [0.4, 0.5) is 10.1 Å². The topological polar surface area (TPSA) is 107 Å². The Balaban J connectivity index is 2.36. The van der Waals surface area contributed by atoms with Gasteiger partial charge in [-0.25, -0.2) is 4.39 Å². The maximum absolute atomic E-state index is 13.8. The molecule has 0 aromatic heterocycles. The van der Waals surface area contributed by atoms with E-state index in [0.717, 1.165) is 24.6 Å². The Labute approximate surface area is 119 Å². The number of amides is 2. The first-order chi connectivity index (χ1) is 9.91. The van der Waals surface area contributed by atoms with Gasteiger partial charge in [0.1, 0.15) is 11.9 Å². The van der Waals surface area contributed by atoms with Gasteiger partial charge in [0.05, 0.1) is 10.5 Å². The lowest BCUT2D eigenvalue weighted by Gasteiger charge is -2.33. The van der Waals surface area contributed by atoms with E-state index in [1.165, 1.54) is 4.90 Å². The van der Waals surface area contributed by atoms with E-state index in [0.29, 0.717) is 12.8 Å². The molecule has 1 saturated heterocycles. The van der Waals surface area contributed by atoms with Crippen molar-refractivity contribution >= 4 is 17.5 Å². The molecule has 1 unspecified atom stereocenters. The number of carbonyl (C=O) groups is 2. The lowest BCUT2D eigenvalue weighted by Crippen LogP contribution is -2.50. The van der Waals surface area contributed by atoms with E-state index in [4.69, 9.17) is 5.73 Å². The van der Waals surface area contributed by atoms with Crippen LogP contribution in [0.15, 0.2) is 18.2 Å². The van der Waals surface area contributed by atoms with Crippen molar-refractivity contribution in [2.24, 2.45) is 5.73 Å². The SMILES string of the molecule is NC(=O)C1CCCCN1C(=O)c1cc([N+](=O)[O-])ccc1F. The number of nitrogens with two attached hydrogens (primary N) is 1. The molecular formula is C13H14FN3O4. The van der Waals surface area contributed by atoms with Crippen molar-refractivity contribution in [2.45, 2.75) is 25.3 Å². The molecule has 2 N–H and O–H groups in total. The van der Waals surface area contributed by atoms with E-state index < -0.39 is 34.2 Å². The number of halogens is 1. The number of likely N-dealkylation sites (tertiary alicyclic amines) is 1. The minimum atomic E-state index is -0.862. The maximum Gasteiger partial charge on any atom is 0.270 e. The lowest BCUT2D eigenvalue weighted by molar-refractivity contribution is -0.384. The van der Waals surface area contributed by atoms with Crippen molar-refractivity contribution in [3.05, 3.63) is 39.7 Å². The molecule has 0 saturated carbocycles. The molecule has 1 aromatic rings. The van der Waals surface area contributed by atoms with Crippen LogP contribution >= 0.6 is 0 Å². The van der Waals surface area contributed by atoms with Crippen LogP contribution < -0.4 is 5.73 Å². The number of benzene rings is 1. The highest BCUT2D eigenvalue weighted by molar-refractivity contribution is 5.98. The molecule has 7 nitrogen and oxygen atoms in total. The van der Waals surface area contributed by atoms with Gasteiger partial charge in [0.2, 0.25) is 5.91 Å². The second-order valence-corrected chi connectivity index (χ2v) is 4.83. The molecule has 1 heterocycles. The summed E-state index contributed by atoms with van der Waals surface area (Å²) in [5.74, 6) is -2.27. The molecule has 112 valence electrons. The molecule has 1 atom stereocenters. The van der Waals surface area contributed by atoms with Crippen LogP contribution in [0, 0.1) is 15.9 Å². The quantitative estimate of drug-likeness (QED) is 0.668. The number of hydrogen-bond donors (Lipinski definition) is 1. The third-order valence-corrected chi connectivity index (χ3v) is 3.48. The van der Waals surface area contributed by atoms with Crippen molar-refractivity contribution in [3.63, 3.8) is 0 Å². The number of carbonyl (C=O) groups excluding carboxylic acids is 2. The Morgan fingerprint density at radius 2 is 2.10 bits per heavy atom. The van der Waals surface area contributed by atoms with Crippen molar-refractivity contribution in [3.8, 4) is 0 Å². The highest BCUT2D eigenvalue weighted by Crippen LogP contribution is 2.23. The average Bonchev–Trinajstić information content (AvgIpc) is 2.46. The summed E-state index contributed by atoms with van der Waals surface area (Å²) in [6.07, 6.45) is 1.83. The van der Waals surface area contributed by atoms with E-state index >= 15 is 0 Å². The Bertz CT molecular complexity index is 605. The fourth-order valence-corrected chi connectivity index (χ4v) is 2.42. The number of piperidine rings is 1. The molecule has 0 bridgehead atoms. The first kappa shape index (κ1) is 14.9. The van der Waals surface area contributed by atoms with Gasteiger partial charge in [-0.2, -0.15) is 0 Å². The fraction of sp³-hybridized carbons (Fsp3) is 0.385. The summed E-state index contributed by atoms with van der Waals surface area (Å²) in [6.45, 7) is 0.272. The highest BCUT2D eigenvalue weighted by atomic mass is 19.1. The van der Waals surface area contributed by atoms with E-state index in [2.05, 4.69) is 0 Å². The molecule has 2 rings (SSSR count). The summed E-state index contributed by atoms with van der Waals surface area (Å²) in [6, 6.07) is 1.93. The fourth-order valence-electron chi connectivity index (χ4n) is 2.42. The van der Waals surface area contributed by atoms with Crippen molar-refractivity contribution in [1.29, 1.82) is 0 Å². The van der Waals surface area contributed by atoms with Crippen molar-refractivity contribution < 1.29 is 18.9 Å². The Morgan fingerprint density at radius 3 is 2.71 bits per heavy atom. The summed E-state index contributed by atoms with van der Waals surface area (Å²) in [5, 5.41) is 10.7. The zero-order chi connectivity index (χ0) is 15.6. The Kier molecular flexibility index (Phi) is 4.15. The second kappa shape index (κ2) is 5.86. The molecule has 0 spiro atoms. The van der Waals surface area contributed by atoms with Gasteiger partial charge in [-0.3, -0.25) is 19.7 Å². The Morgan fingerprint density at radius 1 is 1.38 bits per heavy atom. The number of primary amides is 1. The number of nitrogens with zero attached hydrogens (tertiary/aromatic N) is 2. The lowest BCUT2D eigenvalue weighted by atomic mass is 10.00. The summed E-state index contributed by atoms with van der Waals surface area (Å²) in [5.41, 5.74) is 4.45. The van der Waals surface area contributed by atoms with Gasteiger partial charge in [-0.1, -0.05) is 0 Å². The van der Waals surface area contributed by atoms with Crippen LogP contribution in [0.5, 0.6) is 0 Å². The maximum atomic E-state index is 13.8. The number of nitro benzene ring substituents is 1. The second-order valence-electron chi connectivity index (χ2n) is 4.83. The summed E-state index contributed by atoms with van der Waals surface area (Å²) in [7, 11) is 0. The van der Waals surface area contributed by atoms with Gasteiger partial charge >= 0.3 is 0 Å². The van der Waals surface area contributed by atoms with Gasteiger partial charge in [-0.15, -0.1) is 0 Å². The van der Waals surface area contributed by atoms with E-state index in [1.807, 2.05) is 0 Å². The molecule has 0 aliphatic carbocycles. The van der Waals surface area contributed by atoms with E-state index in [9.17, 15) is 24.1 Å². The largest absolute Gasteiger partial charge is 0.368 e. The molecule has 21 heavy (non-hydrogen) atoms. The van der Waals surface area contributed by atoms with Gasteiger partial charge in [-0.05, 0) is 25.3 Å². The van der Waals surface area contributed by atoms with Crippen molar-refractivity contribution in [1.82, 2.24) is 4.90 Å². The molecule has 1 aromatic carbocycles. The normalized spacial score (nSPS) is 18.3. The minimum Gasteiger partial charge on any atom is -0.368 e. The molecule has 1 fully saturated rings. The molecule has 1 aliphatic rings. The third kappa shape index (κ3) is 2.99. The Hall–Kier alpha value is -2.51. The van der Waals surface area contributed by atoms with Crippen LogP contribution in [0.25, 0.3) is 0 Å². The smallest absolute Gasteiger partial charge is 0.270 e. The van der Waals surface area contributed by atoms with Gasteiger partial charge in [0.25, 0.3) is 11.6 Å². The number of hydrogen-bond acceptors (Lipinski definition) is 4. The van der Waals surface area contributed by atoms with Crippen molar-refractivity contribution in [2.75, 3.05) is 6.54 Å². The predicted molar refractivity (Wildman–Crippen MR) is 70.9 cm³/mol. The van der Waals surface area contributed by atoms with Gasteiger partial charge < -0.3 is 10.6 Å². The number of non-ortho nitro benzene ring substituents is 1. The minimum absolute atomic E-state index is 0.272. The van der Waals surface area contributed by atoms with Gasteiger partial charge in [0.15, 0.2) is 0 Å². The molecule has 2 amide bonds. The van der Waals surface area contributed by atoms with E-state index in [1.54, 1.807) is 0 Å². The van der Waals surface area contributed by atoms with Crippen LogP contribution in [0.2, 0.25) is 0 Å². The standard InChI is InChI=1S/C13H14FN3O4/c14-10-5-4-8(17(20)21)7-9(10)13(19)16-6-2-1-3-11(16)12(15)18/h4-5,7,11H,1-3,6H2,(H2,15,18). The van der Waals surface area contributed by atoms with Crippen LogP contribution in [0.1, 0.15) is 29.6 Å². The zero-order valence-corrected chi connectivity index (χ0v) is 11.1. The molecule has 0 radical (unpaired) electrons. The van der Waals surface area contributed by atoms with E-state index in [-0.39, 0.29) is 12.2 Å². The zero-order valence-electron chi connectivity index (χ0n) is 11.1. The monoisotopic (exact) mass is 295 g/mol. The third-order valence-electron chi connectivity index (χ3n) is 3.48. The predicted octanol–water partition coefficient (Wildman–Crippen LogP) is 1.21. The molecule has 1 aliphatic heterocycles. The molecular weight excluding hydrogens is 281 g/mol. The number of rotatable bonds is 3. The van der Waals surface area contributed by atoms with Gasteiger partial charge in [0, 0.05) is 18.7 Å². The van der Waals surface area contributed by atoms with Crippen LogP contribution in [0.3, 0.4) is 0 Å². The van der Waals surface area contributed by atoms with Crippen LogP contribution in [-0.4, -0.2) is 34.2 Å². The molecule has 8 heteroatoms. The van der Waals surface area contributed by atoms with Crippen LogP contribution in [-0.2, 0) is 4.79 Å². The first-order valence-corrected chi connectivity index (χ1v) is 6.46. The number of nitro groups is 1. The highest BCUT2D eigenvalue weighted by Gasteiger charge is 2.32. The average molecular weight is 295 g/mol. The first-order valence-electron chi connectivity index (χ1n) is 6.46. The summed E-state index contributed by atoms with van der Waals surface area (Å²) < 4.78 is 13.8.